The van der Waals surface area contributed by atoms with Crippen LogP contribution in [-0.4, -0.2) is 17.9 Å². The van der Waals surface area contributed by atoms with Crippen LogP contribution >= 0.6 is 11.8 Å². The predicted octanol–water partition coefficient (Wildman–Crippen LogP) is 4.36. The normalized spacial score (nSPS) is 12.3. The smallest absolute Gasteiger partial charge is 0.228 e. The van der Waals surface area contributed by atoms with Gasteiger partial charge < -0.3 is 5.32 Å². The van der Waals surface area contributed by atoms with E-state index >= 15 is 0 Å². The van der Waals surface area contributed by atoms with Gasteiger partial charge in [0.05, 0.1) is 6.42 Å². The molecule has 1 aliphatic heterocycles. The highest BCUT2D eigenvalue weighted by molar-refractivity contribution is 7.99. The Morgan fingerprint density at radius 3 is 2.63 bits per heavy atom. The zero-order valence-electron chi connectivity index (χ0n) is 12.1. The summed E-state index contributed by atoms with van der Waals surface area (Å²) in [7, 11) is 0. The van der Waals surface area contributed by atoms with Crippen molar-refractivity contribution in [2.45, 2.75) is 33.1 Å². The van der Waals surface area contributed by atoms with E-state index in [0.29, 0.717) is 6.42 Å². The third-order valence-electron chi connectivity index (χ3n) is 2.96. The molecule has 1 aromatic rings. The second kappa shape index (κ2) is 8.05. The van der Waals surface area contributed by atoms with Gasteiger partial charge in [-0.2, -0.15) is 11.8 Å². The second-order valence-corrected chi connectivity index (χ2v) is 5.50. The molecule has 0 spiro atoms. The molecular formula is C16H23NOS. The molecule has 0 atom stereocenters. The third kappa shape index (κ3) is 4.75. The van der Waals surface area contributed by atoms with E-state index in [9.17, 15) is 4.79 Å². The largest absolute Gasteiger partial charge is 0.326 e. The summed E-state index contributed by atoms with van der Waals surface area (Å²) in [6, 6.07) is 6.04. The Bertz CT molecular complexity index is 452. The Hall–Kier alpha value is -1.22. The van der Waals surface area contributed by atoms with Crippen LogP contribution in [0.5, 0.6) is 0 Å². The molecule has 0 saturated heterocycles. The number of benzene rings is 1. The first-order valence-electron chi connectivity index (χ1n) is 6.72. The molecule has 104 valence electrons. The Labute approximate surface area is 120 Å². The molecule has 1 aromatic carbocycles. The van der Waals surface area contributed by atoms with Gasteiger partial charge in [0.2, 0.25) is 5.91 Å². The highest BCUT2D eigenvalue weighted by atomic mass is 32.2. The van der Waals surface area contributed by atoms with E-state index in [1.807, 2.05) is 12.1 Å². The summed E-state index contributed by atoms with van der Waals surface area (Å²) in [6.07, 6.45) is 5.19. The zero-order valence-corrected chi connectivity index (χ0v) is 12.9. The maximum atomic E-state index is 11.2. The van der Waals surface area contributed by atoms with Crippen LogP contribution in [0.25, 0.3) is 5.57 Å². The van der Waals surface area contributed by atoms with Crippen molar-refractivity contribution in [3.05, 3.63) is 35.9 Å². The van der Waals surface area contributed by atoms with E-state index in [1.54, 1.807) is 11.8 Å². The molecule has 1 amide bonds. The lowest BCUT2D eigenvalue weighted by Gasteiger charge is -2.06. The molecular weight excluding hydrogens is 254 g/mol. The molecule has 3 heteroatoms. The van der Waals surface area contributed by atoms with Gasteiger partial charge in [-0.15, -0.1) is 0 Å². The lowest BCUT2D eigenvalue weighted by atomic mass is 10.0. The van der Waals surface area contributed by atoms with Gasteiger partial charge in [-0.3, -0.25) is 4.79 Å². The molecule has 0 aromatic heterocycles. The summed E-state index contributed by atoms with van der Waals surface area (Å²) in [4.78, 5) is 11.2. The molecule has 0 saturated carbocycles. The molecule has 1 aliphatic rings. The average Bonchev–Trinajstić information content (AvgIpc) is 2.78. The van der Waals surface area contributed by atoms with Gasteiger partial charge in [-0.05, 0) is 35.1 Å². The number of amides is 1. The molecule has 0 unspecified atom stereocenters. The number of carbonyl (C=O) groups is 1. The zero-order chi connectivity index (χ0) is 14.3. The van der Waals surface area contributed by atoms with Crippen molar-refractivity contribution >= 4 is 28.9 Å². The third-order valence-corrected chi connectivity index (χ3v) is 3.59. The molecule has 1 N–H and O–H groups in total. The van der Waals surface area contributed by atoms with Crippen LogP contribution in [0.2, 0.25) is 0 Å². The molecule has 0 radical (unpaired) electrons. The number of anilines is 1. The van der Waals surface area contributed by atoms with E-state index in [0.717, 1.165) is 28.1 Å². The SMILES string of the molecule is C=C(CSC)c1ccc2c(c1)CC(=O)N2.CCCC. The van der Waals surface area contributed by atoms with Gasteiger partial charge in [-0.25, -0.2) is 0 Å². The van der Waals surface area contributed by atoms with Gasteiger partial charge in [-0.1, -0.05) is 39.3 Å². The fraction of sp³-hybridized carbons (Fsp3) is 0.438. The van der Waals surface area contributed by atoms with Crippen LogP contribution in [0.4, 0.5) is 5.69 Å². The number of fused-ring (bicyclic) bond motifs is 1. The van der Waals surface area contributed by atoms with Crippen molar-refractivity contribution in [1.82, 2.24) is 0 Å². The summed E-state index contributed by atoms with van der Waals surface area (Å²) in [5.41, 5.74) is 4.28. The quantitative estimate of drug-likeness (QED) is 0.885. The Morgan fingerprint density at radius 2 is 2.05 bits per heavy atom. The fourth-order valence-corrected chi connectivity index (χ4v) is 2.22. The van der Waals surface area contributed by atoms with Crippen molar-refractivity contribution < 1.29 is 4.79 Å². The summed E-state index contributed by atoms with van der Waals surface area (Å²) in [6.45, 7) is 8.39. The predicted molar refractivity (Wildman–Crippen MR) is 86.8 cm³/mol. The lowest BCUT2D eigenvalue weighted by Crippen LogP contribution is -2.03. The Morgan fingerprint density at radius 1 is 1.37 bits per heavy atom. The lowest BCUT2D eigenvalue weighted by molar-refractivity contribution is -0.115. The van der Waals surface area contributed by atoms with Crippen LogP contribution in [0.3, 0.4) is 0 Å². The molecule has 1 heterocycles. The minimum atomic E-state index is 0.0811. The van der Waals surface area contributed by atoms with Crippen LogP contribution in [-0.2, 0) is 11.2 Å². The van der Waals surface area contributed by atoms with E-state index < -0.39 is 0 Å². The van der Waals surface area contributed by atoms with Gasteiger partial charge in [0.1, 0.15) is 0 Å². The van der Waals surface area contributed by atoms with E-state index in [-0.39, 0.29) is 5.91 Å². The summed E-state index contributed by atoms with van der Waals surface area (Å²) >= 11 is 1.76. The Balaban J connectivity index is 0.000000399. The standard InChI is InChI=1S/C12H13NOS.C4H10/c1-8(7-15-2)9-3-4-11-10(5-9)6-12(14)13-11;1-3-4-2/h3-5H,1,6-7H2,2H3,(H,13,14);3-4H2,1-2H3. The number of hydrogen-bond donors (Lipinski definition) is 1. The summed E-state index contributed by atoms with van der Waals surface area (Å²) < 4.78 is 0. The number of unbranched alkanes of at least 4 members (excludes halogenated alkanes) is 1. The minimum Gasteiger partial charge on any atom is -0.326 e. The van der Waals surface area contributed by atoms with Crippen molar-refractivity contribution in [3.63, 3.8) is 0 Å². The Kier molecular flexibility index (Phi) is 6.71. The topological polar surface area (TPSA) is 29.1 Å². The molecule has 0 aliphatic carbocycles. The minimum absolute atomic E-state index is 0.0811. The summed E-state index contributed by atoms with van der Waals surface area (Å²) in [5, 5.41) is 2.82. The van der Waals surface area contributed by atoms with Gasteiger partial charge in [0.25, 0.3) is 0 Å². The number of carbonyl (C=O) groups excluding carboxylic acids is 1. The molecule has 19 heavy (non-hydrogen) atoms. The molecule has 2 rings (SSSR count). The second-order valence-electron chi connectivity index (χ2n) is 4.63. The first kappa shape index (κ1) is 15.8. The van der Waals surface area contributed by atoms with Crippen LogP contribution < -0.4 is 5.32 Å². The van der Waals surface area contributed by atoms with Crippen LogP contribution in [0, 0.1) is 0 Å². The van der Waals surface area contributed by atoms with Crippen molar-refractivity contribution in [3.8, 4) is 0 Å². The molecule has 2 nitrogen and oxygen atoms in total. The number of rotatable bonds is 4. The maximum absolute atomic E-state index is 11.2. The van der Waals surface area contributed by atoms with Gasteiger partial charge in [0, 0.05) is 11.4 Å². The van der Waals surface area contributed by atoms with Gasteiger partial charge >= 0.3 is 0 Å². The van der Waals surface area contributed by atoms with Crippen LogP contribution in [0.15, 0.2) is 24.8 Å². The highest BCUT2D eigenvalue weighted by Crippen LogP contribution is 2.27. The highest BCUT2D eigenvalue weighted by Gasteiger charge is 2.17. The van der Waals surface area contributed by atoms with Crippen molar-refractivity contribution in [2.75, 3.05) is 17.3 Å². The first-order valence-corrected chi connectivity index (χ1v) is 8.11. The maximum Gasteiger partial charge on any atom is 0.228 e. The van der Waals surface area contributed by atoms with Crippen molar-refractivity contribution in [2.24, 2.45) is 0 Å². The number of nitrogens with one attached hydrogen (secondary N) is 1. The molecule has 0 bridgehead atoms. The van der Waals surface area contributed by atoms with Crippen LogP contribution in [0.1, 0.15) is 37.8 Å². The van der Waals surface area contributed by atoms with E-state index in [2.05, 4.69) is 38.1 Å². The average molecular weight is 277 g/mol. The monoisotopic (exact) mass is 277 g/mol. The number of thioether (sulfide) groups is 1. The van der Waals surface area contributed by atoms with E-state index in [1.165, 1.54) is 12.8 Å². The van der Waals surface area contributed by atoms with Crippen molar-refractivity contribution in [1.29, 1.82) is 0 Å². The van der Waals surface area contributed by atoms with E-state index in [4.69, 9.17) is 0 Å². The first-order chi connectivity index (χ1) is 9.12. The fourth-order valence-electron chi connectivity index (χ4n) is 1.71. The molecule has 0 fully saturated rings. The van der Waals surface area contributed by atoms with Gasteiger partial charge in [0.15, 0.2) is 0 Å². The number of hydrogen-bond acceptors (Lipinski definition) is 2. The summed E-state index contributed by atoms with van der Waals surface area (Å²) in [5.74, 6) is 1.01.